The van der Waals surface area contributed by atoms with Crippen molar-refractivity contribution < 1.29 is 55.7 Å². The number of hydrogen-bond donors (Lipinski definition) is 2. The molecule has 9 nitrogen and oxygen atoms in total. The molecule has 0 aliphatic carbocycles. The summed E-state index contributed by atoms with van der Waals surface area (Å²) in [5.74, 6) is -5.13. The van der Waals surface area contributed by atoms with Gasteiger partial charge in [-0.25, -0.2) is 14.6 Å². The normalized spacial score (nSPS) is 19.5. The first-order valence-electron chi connectivity index (χ1n) is 11.3. The molecule has 0 aromatic carbocycles. The number of likely N-dealkylation sites (tertiary alicyclic amines) is 1. The first kappa shape index (κ1) is 32.0. The molecule has 2 N–H and O–H groups in total. The second kappa shape index (κ2) is 13.7. The molecule has 4 rings (SSSR count). The Kier molecular flexibility index (Phi) is 11.2. The van der Waals surface area contributed by atoms with E-state index in [1.807, 2.05) is 24.0 Å². The summed E-state index contributed by atoms with van der Waals surface area (Å²) in [6, 6.07) is 7.79. The van der Waals surface area contributed by atoms with E-state index < -0.39 is 24.3 Å². The van der Waals surface area contributed by atoms with E-state index >= 15 is 0 Å². The van der Waals surface area contributed by atoms with Crippen molar-refractivity contribution in [1.29, 1.82) is 0 Å². The molecule has 216 valence electrons. The Balaban J connectivity index is 0.000000317. The van der Waals surface area contributed by atoms with Crippen LogP contribution in [-0.4, -0.2) is 94.1 Å². The van der Waals surface area contributed by atoms with Crippen molar-refractivity contribution in [1.82, 2.24) is 14.8 Å². The van der Waals surface area contributed by atoms with Crippen LogP contribution in [0.3, 0.4) is 0 Å². The van der Waals surface area contributed by atoms with Crippen molar-refractivity contribution >= 4 is 29.2 Å². The highest BCUT2D eigenvalue weighted by molar-refractivity contribution is 7.07. The molecule has 16 heteroatoms. The molecular formula is C23H25F6N3O6S. The summed E-state index contributed by atoms with van der Waals surface area (Å²) in [5.41, 5.74) is 2.77. The molecule has 2 saturated heterocycles. The molecule has 2 aliphatic rings. The Bertz CT molecular complexity index is 1090. The number of fused-ring (bicyclic) bond motifs is 1. The van der Waals surface area contributed by atoms with Crippen LogP contribution in [0.1, 0.15) is 21.7 Å². The summed E-state index contributed by atoms with van der Waals surface area (Å²) >= 11 is 1.74. The largest absolute Gasteiger partial charge is 0.490 e. The van der Waals surface area contributed by atoms with E-state index in [1.54, 1.807) is 17.4 Å². The third kappa shape index (κ3) is 10.4. The van der Waals surface area contributed by atoms with Gasteiger partial charge >= 0.3 is 24.3 Å². The number of carbonyl (C=O) groups is 3. The van der Waals surface area contributed by atoms with Crippen molar-refractivity contribution in [3.8, 4) is 0 Å². The Labute approximate surface area is 222 Å². The van der Waals surface area contributed by atoms with Crippen molar-refractivity contribution in [3.05, 3.63) is 52.0 Å². The number of halogens is 6. The molecule has 2 aliphatic heterocycles. The summed E-state index contributed by atoms with van der Waals surface area (Å²) in [7, 11) is 0. The van der Waals surface area contributed by atoms with Crippen molar-refractivity contribution in [2.75, 3.05) is 32.8 Å². The van der Waals surface area contributed by atoms with Gasteiger partial charge in [-0.1, -0.05) is 6.07 Å². The first-order valence-corrected chi connectivity index (χ1v) is 12.2. The highest BCUT2D eigenvalue weighted by atomic mass is 32.1. The van der Waals surface area contributed by atoms with Crippen LogP contribution in [-0.2, 0) is 20.9 Å². The summed E-state index contributed by atoms with van der Waals surface area (Å²) in [5, 5.41) is 18.6. The first-order chi connectivity index (χ1) is 18.1. The average molecular weight is 586 g/mol. The number of thiophene rings is 1. The molecule has 0 bridgehead atoms. The number of aromatic nitrogens is 1. The number of aliphatic carboxylic acids is 2. The van der Waals surface area contributed by atoms with E-state index in [1.165, 1.54) is 5.56 Å². The van der Waals surface area contributed by atoms with E-state index in [0.717, 1.165) is 38.5 Å². The van der Waals surface area contributed by atoms with Crippen LogP contribution >= 0.6 is 11.3 Å². The van der Waals surface area contributed by atoms with Crippen molar-refractivity contribution in [2.45, 2.75) is 31.9 Å². The third-order valence-electron chi connectivity index (χ3n) is 5.48. The number of ether oxygens (including phenoxy) is 1. The lowest BCUT2D eigenvalue weighted by Gasteiger charge is -2.23. The van der Waals surface area contributed by atoms with Gasteiger partial charge in [0.25, 0.3) is 5.91 Å². The van der Waals surface area contributed by atoms with Gasteiger partial charge in [0.1, 0.15) is 5.69 Å². The smallest absolute Gasteiger partial charge is 0.475 e. The predicted molar refractivity (Wildman–Crippen MR) is 125 cm³/mol. The molecule has 1 amide bonds. The fourth-order valence-corrected chi connectivity index (χ4v) is 4.40. The number of carbonyl (C=O) groups excluding carboxylic acids is 1. The van der Waals surface area contributed by atoms with E-state index in [2.05, 4.69) is 26.7 Å². The molecule has 2 aromatic rings. The van der Waals surface area contributed by atoms with Gasteiger partial charge in [0.2, 0.25) is 0 Å². The minimum atomic E-state index is -5.08. The van der Waals surface area contributed by atoms with Gasteiger partial charge in [-0.05, 0) is 41.4 Å². The van der Waals surface area contributed by atoms with E-state index in [-0.39, 0.29) is 12.0 Å². The number of amides is 1. The lowest BCUT2D eigenvalue weighted by atomic mass is 10.1. The fourth-order valence-electron chi connectivity index (χ4n) is 3.74. The SMILES string of the molecule is Cc1cccc(C(=O)N2C[C@@H]3CN(Cc4ccsc4)CCO[C@@H]3C2)n1.O=C(O)C(F)(F)F.O=C(O)C(F)(F)F. The minimum absolute atomic E-state index is 0.0183. The van der Waals surface area contributed by atoms with E-state index in [9.17, 15) is 31.1 Å². The van der Waals surface area contributed by atoms with Crippen LogP contribution in [0.2, 0.25) is 0 Å². The minimum Gasteiger partial charge on any atom is -0.475 e. The Morgan fingerprint density at radius 3 is 2.15 bits per heavy atom. The summed E-state index contributed by atoms with van der Waals surface area (Å²) in [4.78, 5) is 39.3. The molecule has 0 saturated carbocycles. The van der Waals surface area contributed by atoms with Crippen molar-refractivity contribution in [2.24, 2.45) is 5.92 Å². The lowest BCUT2D eigenvalue weighted by molar-refractivity contribution is -0.193. The monoisotopic (exact) mass is 585 g/mol. The van der Waals surface area contributed by atoms with Gasteiger partial charge in [-0.2, -0.15) is 37.7 Å². The number of carboxylic acid groups (broad SMARTS) is 2. The third-order valence-corrected chi connectivity index (χ3v) is 6.21. The maximum absolute atomic E-state index is 12.8. The van der Waals surface area contributed by atoms with Crippen LogP contribution in [0.25, 0.3) is 0 Å². The van der Waals surface area contributed by atoms with Gasteiger partial charge in [0.05, 0.1) is 12.7 Å². The molecule has 39 heavy (non-hydrogen) atoms. The highest BCUT2D eigenvalue weighted by Crippen LogP contribution is 2.26. The molecule has 4 heterocycles. The van der Waals surface area contributed by atoms with Crippen molar-refractivity contribution in [3.63, 3.8) is 0 Å². The molecule has 2 aromatic heterocycles. The van der Waals surface area contributed by atoms with E-state index in [4.69, 9.17) is 24.5 Å². The zero-order valence-electron chi connectivity index (χ0n) is 20.4. The number of pyridine rings is 1. The maximum atomic E-state index is 12.8. The fraction of sp³-hybridized carbons (Fsp3) is 0.478. The van der Waals surface area contributed by atoms with Crippen LogP contribution in [0.4, 0.5) is 26.3 Å². The quantitative estimate of drug-likeness (QED) is 0.524. The Morgan fingerprint density at radius 1 is 1.03 bits per heavy atom. The van der Waals surface area contributed by atoms with Crippen LogP contribution < -0.4 is 0 Å². The average Bonchev–Trinajstić information content (AvgIpc) is 3.44. The van der Waals surface area contributed by atoms with Gasteiger partial charge in [-0.3, -0.25) is 9.69 Å². The summed E-state index contributed by atoms with van der Waals surface area (Å²) in [6.45, 7) is 6.96. The predicted octanol–water partition coefficient (Wildman–Crippen LogP) is 3.69. The number of alkyl halides is 6. The molecule has 0 spiro atoms. The molecular weight excluding hydrogens is 560 g/mol. The standard InChI is InChI=1S/C19H23N3O2S.2C2HF3O2/c1-14-3-2-4-17(20-14)19(23)22-11-16-10-21(6-7-24-18(16)12-22)9-15-5-8-25-13-15;2*3-2(4,5)1(6)7/h2-5,8,13,16,18H,6-7,9-12H2,1H3;2*(H,6,7)/t16-,18+;;/m0../s1. The van der Waals surface area contributed by atoms with Gasteiger partial charge in [-0.15, -0.1) is 0 Å². The van der Waals surface area contributed by atoms with Gasteiger partial charge in [0.15, 0.2) is 0 Å². The maximum Gasteiger partial charge on any atom is 0.490 e. The number of hydrogen-bond acceptors (Lipinski definition) is 7. The topological polar surface area (TPSA) is 120 Å². The zero-order valence-corrected chi connectivity index (χ0v) is 21.2. The number of nitrogens with zero attached hydrogens (tertiary/aromatic N) is 3. The highest BCUT2D eigenvalue weighted by Gasteiger charge is 2.40. The summed E-state index contributed by atoms with van der Waals surface area (Å²) < 4.78 is 69.5. The van der Waals surface area contributed by atoms with Crippen LogP contribution in [0.15, 0.2) is 35.0 Å². The van der Waals surface area contributed by atoms with Crippen LogP contribution in [0, 0.1) is 12.8 Å². The molecule has 2 atom stereocenters. The second-order valence-corrected chi connectivity index (χ2v) is 9.30. The molecule has 0 unspecified atom stereocenters. The Hall–Kier alpha value is -3.24. The lowest BCUT2D eigenvalue weighted by Crippen LogP contribution is -2.34. The van der Waals surface area contributed by atoms with Gasteiger partial charge in [0, 0.05) is 44.3 Å². The van der Waals surface area contributed by atoms with E-state index in [0.29, 0.717) is 18.2 Å². The molecule has 2 fully saturated rings. The number of aryl methyl sites for hydroxylation is 1. The molecule has 0 radical (unpaired) electrons. The summed E-state index contributed by atoms with van der Waals surface area (Å²) in [6.07, 6.45) is -10.0. The zero-order chi connectivity index (χ0) is 29.4. The second-order valence-electron chi connectivity index (χ2n) is 8.52. The van der Waals surface area contributed by atoms with Crippen LogP contribution in [0.5, 0.6) is 0 Å². The number of rotatable bonds is 3. The van der Waals surface area contributed by atoms with Gasteiger partial charge < -0.3 is 19.8 Å². The Morgan fingerprint density at radius 2 is 1.64 bits per heavy atom. The number of carboxylic acids is 2.